The predicted molar refractivity (Wildman–Crippen MR) is 107 cm³/mol. The summed E-state index contributed by atoms with van der Waals surface area (Å²) in [7, 11) is 1.70. The molecule has 0 atom stereocenters. The van der Waals surface area contributed by atoms with Crippen LogP contribution in [0.1, 0.15) is 6.42 Å². The summed E-state index contributed by atoms with van der Waals surface area (Å²) in [6, 6.07) is 19.5. The lowest BCUT2D eigenvalue weighted by Gasteiger charge is -2.11. The first-order valence-corrected chi connectivity index (χ1v) is 8.82. The zero-order valence-electron chi connectivity index (χ0n) is 14.6. The van der Waals surface area contributed by atoms with Crippen LogP contribution < -0.4 is 10.6 Å². The first kappa shape index (κ1) is 18.2. The van der Waals surface area contributed by atoms with Crippen molar-refractivity contribution in [2.45, 2.75) is 6.42 Å². The smallest absolute Gasteiger partial charge is 0.229 e. The van der Waals surface area contributed by atoms with Gasteiger partial charge in [-0.2, -0.15) is 4.98 Å². The standard InChI is InChI=1S/C20H21ClN4O/c1-26-12-6-11-22-19-14-18(15-7-3-2-4-8-15)24-20(25-19)23-17-10-5-9-16(21)13-17/h2-5,7-10,13-14H,6,11-12H2,1H3,(H2,22,23,24,25). The van der Waals surface area contributed by atoms with Gasteiger partial charge in [-0.3, -0.25) is 0 Å². The molecule has 1 heterocycles. The van der Waals surface area contributed by atoms with E-state index in [2.05, 4.69) is 20.6 Å². The molecule has 2 N–H and O–H groups in total. The van der Waals surface area contributed by atoms with Gasteiger partial charge in [-0.1, -0.05) is 48.0 Å². The summed E-state index contributed by atoms with van der Waals surface area (Å²) in [4.78, 5) is 9.21. The molecule has 3 aromatic rings. The van der Waals surface area contributed by atoms with Crippen molar-refractivity contribution in [2.24, 2.45) is 0 Å². The summed E-state index contributed by atoms with van der Waals surface area (Å²) in [6.45, 7) is 1.48. The Bertz CT molecular complexity index is 842. The molecule has 3 rings (SSSR count). The van der Waals surface area contributed by atoms with E-state index in [0.29, 0.717) is 17.6 Å². The van der Waals surface area contributed by atoms with Crippen LogP contribution in [0.3, 0.4) is 0 Å². The number of hydrogen-bond donors (Lipinski definition) is 2. The van der Waals surface area contributed by atoms with Crippen LogP contribution in [0.25, 0.3) is 11.3 Å². The summed E-state index contributed by atoms with van der Waals surface area (Å²) in [6.07, 6.45) is 0.901. The molecule has 0 unspecified atom stereocenters. The molecule has 0 aliphatic rings. The topological polar surface area (TPSA) is 59.1 Å². The fourth-order valence-corrected chi connectivity index (χ4v) is 2.67. The van der Waals surface area contributed by atoms with Gasteiger partial charge in [-0.15, -0.1) is 0 Å². The Balaban J connectivity index is 1.86. The molecule has 1 aromatic heterocycles. The molecule has 0 radical (unpaired) electrons. The summed E-state index contributed by atoms with van der Waals surface area (Å²) in [5, 5.41) is 7.21. The van der Waals surface area contributed by atoms with Crippen LogP contribution in [0.5, 0.6) is 0 Å². The monoisotopic (exact) mass is 368 g/mol. The van der Waals surface area contributed by atoms with Gasteiger partial charge in [0.05, 0.1) is 5.69 Å². The highest BCUT2D eigenvalue weighted by molar-refractivity contribution is 6.30. The quantitative estimate of drug-likeness (QED) is 0.548. The van der Waals surface area contributed by atoms with Crippen molar-refractivity contribution >= 4 is 29.1 Å². The van der Waals surface area contributed by atoms with E-state index in [1.165, 1.54) is 0 Å². The Hall–Kier alpha value is -2.63. The molecule has 0 saturated heterocycles. The first-order chi connectivity index (χ1) is 12.7. The fraction of sp³-hybridized carbons (Fsp3) is 0.200. The highest BCUT2D eigenvalue weighted by Crippen LogP contribution is 2.24. The molecule has 0 spiro atoms. The largest absolute Gasteiger partial charge is 0.385 e. The number of benzene rings is 2. The SMILES string of the molecule is COCCCNc1cc(-c2ccccc2)nc(Nc2cccc(Cl)c2)n1. The molecule has 5 nitrogen and oxygen atoms in total. The maximum Gasteiger partial charge on any atom is 0.229 e. The third kappa shape index (κ3) is 5.18. The van der Waals surface area contributed by atoms with E-state index in [-0.39, 0.29) is 0 Å². The second kappa shape index (κ2) is 9.17. The van der Waals surface area contributed by atoms with E-state index in [4.69, 9.17) is 16.3 Å². The van der Waals surface area contributed by atoms with E-state index in [9.17, 15) is 0 Å². The molecule has 0 aliphatic carbocycles. The molecule has 0 aliphatic heterocycles. The zero-order chi connectivity index (χ0) is 18.2. The summed E-state index contributed by atoms with van der Waals surface area (Å²) < 4.78 is 5.09. The normalized spacial score (nSPS) is 10.5. The minimum absolute atomic E-state index is 0.517. The zero-order valence-corrected chi connectivity index (χ0v) is 15.3. The fourth-order valence-electron chi connectivity index (χ4n) is 2.48. The molecule has 2 aromatic carbocycles. The van der Waals surface area contributed by atoms with Gasteiger partial charge in [-0.05, 0) is 24.6 Å². The molecule has 0 amide bonds. The van der Waals surface area contributed by atoms with E-state index >= 15 is 0 Å². The van der Waals surface area contributed by atoms with Crippen LogP contribution in [-0.2, 0) is 4.74 Å². The second-order valence-electron chi connectivity index (χ2n) is 5.74. The van der Waals surface area contributed by atoms with Crippen LogP contribution in [0.2, 0.25) is 5.02 Å². The van der Waals surface area contributed by atoms with Crippen LogP contribution >= 0.6 is 11.6 Å². The molecule has 26 heavy (non-hydrogen) atoms. The average molecular weight is 369 g/mol. The molecule has 134 valence electrons. The number of nitrogens with one attached hydrogen (secondary N) is 2. The second-order valence-corrected chi connectivity index (χ2v) is 6.17. The molecule has 0 saturated carbocycles. The van der Waals surface area contributed by atoms with Crippen LogP contribution in [0.4, 0.5) is 17.5 Å². The predicted octanol–water partition coefficient (Wildman–Crippen LogP) is 4.99. The lowest BCUT2D eigenvalue weighted by Crippen LogP contribution is -2.08. The number of rotatable bonds is 8. The summed E-state index contributed by atoms with van der Waals surface area (Å²) in [5.41, 5.74) is 2.72. The van der Waals surface area contributed by atoms with Gasteiger partial charge in [0.1, 0.15) is 5.82 Å². The highest BCUT2D eigenvalue weighted by Gasteiger charge is 2.07. The maximum atomic E-state index is 6.06. The number of methoxy groups -OCH3 is 1. The molecule has 6 heteroatoms. The van der Waals surface area contributed by atoms with Gasteiger partial charge < -0.3 is 15.4 Å². The molecule has 0 fully saturated rings. The van der Waals surface area contributed by atoms with Crippen LogP contribution in [0.15, 0.2) is 60.7 Å². The minimum atomic E-state index is 0.517. The highest BCUT2D eigenvalue weighted by atomic mass is 35.5. The Morgan fingerprint density at radius 3 is 2.62 bits per heavy atom. The third-order valence-electron chi connectivity index (χ3n) is 3.71. The van der Waals surface area contributed by atoms with Crippen LogP contribution in [-0.4, -0.2) is 30.2 Å². The van der Waals surface area contributed by atoms with Crippen molar-refractivity contribution in [3.8, 4) is 11.3 Å². The average Bonchev–Trinajstić information content (AvgIpc) is 2.66. The summed E-state index contributed by atoms with van der Waals surface area (Å²) >= 11 is 6.06. The lowest BCUT2D eigenvalue weighted by atomic mass is 10.1. The van der Waals surface area contributed by atoms with Crippen molar-refractivity contribution < 1.29 is 4.74 Å². The van der Waals surface area contributed by atoms with E-state index in [1.807, 2.05) is 60.7 Å². The van der Waals surface area contributed by atoms with Crippen molar-refractivity contribution in [1.29, 1.82) is 0 Å². The number of ether oxygens (including phenoxy) is 1. The minimum Gasteiger partial charge on any atom is -0.385 e. The van der Waals surface area contributed by atoms with E-state index in [1.54, 1.807) is 7.11 Å². The molecular formula is C20H21ClN4O. The third-order valence-corrected chi connectivity index (χ3v) is 3.94. The molecular weight excluding hydrogens is 348 g/mol. The number of hydrogen-bond acceptors (Lipinski definition) is 5. The van der Waals surface area contributed by atoms with Gasteiger partial charge in [-0.25, -0.2) is 4.98 Å². The van der Waals surface area contributed by atoms with Crippen molar-refractivity contribution in [2.75, 3.05) is 30.9 Å². The van der Waals surface area contributed by atoms with Gasteiger partial charge in [0.25, 0.3) is 0 Å². The Labute approximate surface area is 158 Å². The lowest BCUT2D eigenvalue weighted by molar-refractivity contribution is 0.198. The first-order valence-electron chi connectivity index (χ1n) is 8.44. The van der Waals surface area contributed by atoms with E-state index < -0.39 is 0 Å². The van der Waals surface area contributed by atoms with Gasteiger partial charge in [0, 0.05) is 42.6 Å². The number of aromatic nitrogens is 2. The van der Waals surface area contributed by atoms with Crippen LogP contribution in [0, 0.1) is 0 Å². The van der Waals surface area contributed by atoms with Gasteiger partial charge in [0.2, 0.25) is 5.95 Å². The number of nitrogens with zero attached hydrogens (tertiary/aromatic N) is 2. The van der Waals surface area contributed by atoms with Gasteiger partial charge >= 0.3 is 0 Å². The molecule has 0 bridgehead atoms. The summed E-state index contributed by atoms with van der Waals surface area (Å²) in [5.74, 6) is 1.28. The van der Waals surface area contributed by atoms with Crippen molar-refractivity contribution in [1.82, 2.24) is 9.97 Å². The van der Waals surface area contributed by atoms with Crippen molar-refractivity contribution in [3.05, 3.63) is 65.7 Å². The van der Waals surface area contributed by atoms with E-state index in [0.717, 1.165) is 35.7 Å². The van der Waals surface area contributed by atoms with Gasteiger partial charge in [0.15, 0.2) is 0 Å². The Morgan fingerprint density at radius 1 is 1.00 bits per heavy atom. The number of halogens is 1. The maximum absolute atomic E-state index is 6.06. The number of anilines is 3. The van der Waals surface area contributed by atoms with Crippen molar-refractivity contribution in [3.63, 3.8) is 0 Å². The Kier molecular flexibility index (Phi) is 6.41. The Morgan fingerprint density at radius 2 is 1.85 bits per heavy atom.